The molecule has 0 aromatic heterocycles. The van der Waals surface area contributed by atoms with Crippen LogP contribution in [0.4, 0.5) is 0 Å². The molecular weight excluding hydrogens is 955 g/mol. The summed E-state index contributed by atoms with van der Waals surface area (Å²) in [7, 11) is 0. The summed E-state index contributed by atoms with van der Waals surface area (Å²) < 4.78 is 17.6. The minimum atomic E-state index is -1.62. The molecule has 8 atom stereocenters. The average Bonchev–Trinajstić information content (AvgIpc) is 3.42. The highest BCUT2D eigenvalue weighted by molar-refractivity contribution is 5.80. The van der Waals surface area contributed by atoms with Crippen LogP contribution in [0.3, 0.4) is 0 Å². The van der Waals surface area contributed by atoms with E-state index in [2.05, 4.69) is 44.3 Å². The normalized spacial score (nSPS) is 19.5. The molecule has 0 radical (unpaired) electrons. The van der Waals surface area contributed by atoms with Crippen LogP contribution in [0.25, 0.3) is 0 Å². The Morgan fingerprint density at radius 1 is 0.526 bits per heavy atom. The van der Waals surface area contributed by atoms with Crippen LogP contribution in [0.5, 0.6) is 0 Å². The Labute approximate surface area is 465 Å². The van der Waals surface area contributed by atoms with Crippen molar-refractivity contribution in [3.8, 4) is 0 Å². The molecule has 1 fully saturated rings. The summed E-state index contributed by atoms with van der Waals surface area (Å²) in [6, 6.07) is -1.03. The first kappa shape index (κ1) is 71.4. The van der Waals surface area contributed by atoms with Gasteiger partial charge in [-0.15, -0.1) is 0 Å². The molecule has 11 heteroatoms. The number of allylic oxidation sites excluding steroid dienone is 9. The lowest BCUT2D eigenvalue weighted by atomic mass is 9.99. The van der Waals surface area contributed by atoms with Crippen LogP contribution in [0, 0.1) is 0 Å². The predicted octanol–water partition coefficient (Wildman–Crippen LogP) is 15.0. The van der Waals surface area contributed by atoms with Gasteiger partial charge >= 0.3 is 5.97 Å². The smallest absolute Gasteiger partial charge is 0.306 e. The molecule has 0 saturated carbocycles. The minimum Gasteiger partial charge on any atom is -0.454 e. The van der Waals surface area contributed by atoms with Crippen molar-refractivity contribution in [1.29, 1.82) is 0 Å². The van der Waals surface area contributed by atoms with Crippen molar-refractivity contribution in [2.45, 2.75) is 327 Å². The maximum Gasteiger partial charge on any atom is 0.306 e. The molecule has 6 N–H and O–H groups in total. The van der Waals surface area contributed by atoms with E-state index >= 15 is 0 Å². The zero-order chi connectivity index (χ0) is 55.4. The molecular formula is C65H117NO10. The molecule has 1 amide bonds. The van der Waals surface area contributed by atoms with Crippen LogP contribution in [0.15, 0.2) is 60.8 Å². The van der Waals surface area contributed by atoms with Gasteiger partial charge in [0.25, 0.3) is 0 Å². The van der Waals surface area contributed by atoms with Crippen LogP contribution in [0.1, 0.15) is 278 Å². The fraction of sp³-hybridized carbons (Fsp3) is 0.815. The second-order valence-electron chi connectivity index (χ2n) is 21.9. The number of nitrogens with one attached hydrogen (secondary N) is 1. The van der Waals surface area contributed by atoms with Crippen molar-refractivity contribution in [3.63, 3.8) is 0 Å². The first-order chi connectivity index (χ1) is 37.2. The van der Waals surface area contributed by atoms with Gasteiger partial charge in [0, 0.05) is 6.42 Å². The summed E-state index contributed by atoms with van der Waals surface area (Å²) in [5.41, 5.74) is 0. The summed E-state index contributed by atoms with van der Waals surface area (Å²) in [5, 5.41) is 57.0. The first-order valence-corrected chi connectivity index (χ1v) is 31.6. The number of rotatable bonds is 53. The Kier molecular flexibility index (Phi) is 49.8. The van der Waals surface area contributed by atoms with Crippen LogP contribution in [0.2, 0.25) is 0 Å². The first-order valence-electron chi connectivity index (χ1n) is 31.6. The summed E-state index contributed by atoms with van der Waals surface area (Å²) >= 11 is 0. The van der Waals surface area contributed by atoms with Gasteiger partial charge in [-0.3, -0.25) is 9.59 Å². The molecule has 442 valence electrons. The van der Waals surface area contributed by atoms with Crippen molar-refractivity contribution in [1.82, 2.24) is 5.32 Å². The predicted molar refractivity (Wildman–Crippen MR) is 315 cm³/mol. The number of hydrogen-bond donors (Lipinski definition) is 6. The Morgan fingerprint density at radius 2 is 0.947 bits per heavy atom. The molecule has 0 spiro atoms. The van der Waals surface area contributed by atoms with E-state index in [1.807, 2.05) is 36.5 Å². The van der Waals surface area contributed by atoms with Gasteiger partial charge in [0.1, 0.15) is 24.4 Å². The van der Waals surface area contributed by atoms with Gasteiger partial charge in [-0.25, -0.2) is 0 Å². The molecule has 1 aliphatic rings. The summed E-state index contributed by atoms with van der Waals surface area (Å²) in [4.78, 5) is 26.5. The van der Waals surface area contributed by atoms with Crippen LogP contribution in [-0.4, -0.2) is 99.6 Å². The Hall–Kier alpha value is -2.64. The minimum absolute atomic E-state index is 0.0970. The second-order valence-corrected chi connectivity index (χ2v) is 21.9. The number of carbonyl (C=O) groups excluding carboxylic acids is 2. The van der Waals surface area contributed by atoms with Crippen LogP contribution >= 0.6 is 0 Å². The Balaban J connectivity index is 2.66. The van der Waals surface area contributed by atoms with Crippen LogP contribution < -0.4 is 5.32 Å². The third-order valence-corrected chi connectivity index (χ3v) is 14.8. The van der Waals surface area contributed by atoms with Gasteiger partial charge < -0.3 is 45.1 Å². The highest BCUT2D eigenvalue weighted by Crippen LogP contribution is 2.26. The van der Waals surface area contributed by atoms with E-state index in [-0.39, 0.29) is 13.0 Å². The number of ether oxygens (including phenoxy) is 3. The highest BCUT2D eigenvalue weighted by atomic mass is 16.7. The van der Waals surface area contributed by atoms with Crippen molar-refractivity contribution in [2.24, 2.45) is 0 Å². The van der Waals surface area contributed by atoms with Gasteiger partial charge in [-0.1, -0.05) is 287 Å². The average molecular weight is 1070 g/mol. The zero-order valence-corrected chi connectivity index (χ0v) is 48.9. The highest BCUT2D eigenvalue weighted by Gasteiger charge is 2.47. The van der Waals surface area contributed by atoms with Crippen molar-refractivity contribution in [2.75, 3.05) is 13.2 Å². The fourth-order valence-corrected chi connectivity index (χ4v) is 9.78. The third kappa shape index (κ3) is 40.5. The van der Waals surface area contributed by atoms with Crippen molar-refractivity contribution in [3.05, 3.63) is 60.8 Å². The quantitative estimate of drug-likeness (QED) is 0.0149. The zero-order valence-electron chi connectivity index (χ0n) is 48.9. The third-order valence-electron chi connectivity index (χ3n) is 14.8. The topological polar surface area (TPSA) is 175 Å². The van der Waals surface area contributed by atoms with E-state index < -0.39 is 67.4 Å². The SMILES string of the molecule is CC/C=C/C=C/C=C/C=C\CCCCCCCC(=O)OC1C(OCC(NC(=O)C(O)CCCCCCCCCCCCCCCCCCCCCC)C(O)/C=C/CCCCCCCCCCCC)OC(CO)C(O)C1O. The second kappa shape index (κ2) is 53.0. The number of esters is 1. The number of unbranched alkanes of at least 4 members (excludes halogenated alkanes) is 34. The maximum atomic E-state index is 13.4. The summed E-state index contributed by atoms with van der Waals surface area (Å²) in [5.74, 6) is -1.21. The van der Waals surface area contributed by atoms with E-state index in [1.165, 1.54) is 154 Å². The van der Waals surface area contributed by atoms with Crippen molar-refractivity contribution >= 4 is 11.9 Å². The molecule has 0 bridgehead atoms. The Bertz CT molecular complexity index is 1460. The van der Waals surface area contributed by atoms with E-state index in [0.717, 1.165) is 77.0 Å². The molecule has 1 rings (SSSR count). The molecule has 1 heterocycles. The lowest BCUT2D eigenvalue weighted by Crippen LogP contribution is -2.61. The molecule has 11 nitrogen and oxygen atoms in total. The number of amides is 1. The molecule has 8 unspecified atom stereocenters. The fourth-order valence-electron chi connectivity index (χ4n) is 9.78. The van der Waals surface area contributed by atoms with Crippen LogP contribution in [-0.2, 0) is 23.8 Å². The number of aliphatic hydroxyl groups is 5. The molecule has 0 aromatic rings. The van der Waals surface area contributed by atoms with E-state index in [1.54, 1.807) is 6.08 Å². The number of aliphatic hydroxyl groups excluding tert-OH is 5. The molecule has 1 aliphatic heterocycles. The van der Waals surface area contributed by atoms with E-state index in [9.17, 15) is 35.1 Å². The largest absolute Gasteiger partial charge is 0.454 e. The lowest BCUT2D eigenvalue weighted by molar-refractivity contribution is -0.305. The monoisotopic (exact) mass is 1070 g/mol. The number of carbonyl (C=O) groups is 2. The summed E-state index contributed by atoms with van der Waals surface area (Å²) in [6.45, 7) is 5.65. The molecule has 1 saturated heterocycles. The van der Waals surface area contributed by atoms with E-state index in [4.69, 9.17) is 14.2 Å². The van der Waals surface area contributed by atoms with Crippen molar-refractivity contribution < 1.29 is 49.3 Å². The number of hydrogen-bond acceptors (Lipinski definition) is 10. The van der Waals surface area contributed by atoms with Gasteiger partial charge in [-0.05, 0) is 44.9 Å². The lowest BCUT2D eigenvalue weighted by Gasteiger charge is -2.41. The van der Waals surface area contributed by atoms with Gasteiger partial charge in [0.2, 0.25) is 5.91 Å². The standard InChI is InChI=1S/C65H117NO10/c1-4-7-10-13-16-19-22-25-27-28-29-30-31-33-34-37-40-43-46-49-52-58(69)64(73)66-56(57(68)51-48-45-42-39-36-24-21-18-15-12-9-6-3)55-74-65-63(62(72)61(71)59(54-67)75-65)76-60(70)53-50-47-44-41-38-35-32-26-23-20-17-14-11-8-5-2/h8,11,14,17,20,23,26,32,48,51,56-59,61-63,65,67-69,71-72H,4-7,9-10,12-13,15-16,18-19,21-22,24-25,27-31,33-47,49-50,52-55H2,1-3H3,(H,66,73)/b11-8+,17-14+,23-20+,32-26-,51-48+. The summed E-state index contributed by atoms with van der Waals surface area (Å²) in [6.07, 6.45) is 55.5. The molecule has 0 aromatic carbocycles. The maximum absolute atomic E-state index is 13.4. The molecule has 0 aliphatic carbocycles. The van der Waals surface area contributed by atoms with Gasteiger partial charge in [0.15, 0.2) is 12.4 Å². The van der Waals surface area contributed by atoms with Gasteiger partial charge in [-0.2, -0.15) is 0 Å². The molecule has 76 heavy (non-hydrogen) atoms. The van der Waals surface area contributed by atoms with Gasteiger partial charge in [0.05, 0.1) is 25.4 Å². The van der Waals surface area contributed by atoms with E-state index in [0.29, 0.717) is 19.3 Å². The Morgan fingerprint density at radius 3 is 1.42 bits per heavy atom.